The number of aromatic nitrogens is 1. The van der Waals surface area contributed by atoms with E-state index in [9.17, 15) is 0 Å². The summed E-state index contributed by atoms with van der Waals surface area (Å²) >= 11 is 0. The molecule has 0 aromatic carbocycles. The van der Waals surface area contributed by atoms with Crippen molar-refractivity contribution in [3.05, 3.63) is 47.8 Å². The summed E-state index contributed by atoms with van der Waals surface area (Å²) in [6.07, 6.45) is 8.27. The quantitative estimate of drug-likeness (QED) is 0.609. The Balaban J connectivity index is 2.52. The third-order valence-electron chi connectivity index (χ3n) is 4.46. The van der Waals surface area contributed by atoms with Crippen LogP contribution in [0.2, 0.25) is 0 Å². The Bertz CT molecular complexity index is 566. The van der Waals surface area contributed by atoms with E-state index in [2.05, 4.69) is 67.5 Å². The lowest BCUT2D eigenvalue weighted by molar-refractivity contribution is 0.311. The fourth-order valence-corrected chi connectivity index (χ4v) is 3.33. The molecule has 0 aliphatic heterocycles. The molecule has 0 bridgehead atoms. The predicted molar refractivity (Wildman–Crippen MR) is 96.2 cm³/mol. The third-order valence-corrected chi connectivity index (χ3v) is 4.46. The Morgan fingerprint density at radius 1 is 1.05 bits per heavy atom. The Morgan fingerprint density at radius 2 is 1.82 bits per heavy atom. The van der Waals surface area contributed by atoms with E-state index < -0.39 is 0 Å². The second-order valence-electron chi connectivity index (χ2n) is 5.99. The number of hydrogen-bond donors (Lipinski definition) is 0. The molecule has 2 heterocycles. The molecule has 2 heteroatoms. The summed E-state index contributed by atoms with van der Waals surface area (Å²) in [5, 5.41) is 0. The lowest BCUT2D eigenvalue weighted by Crippen LogP contribution is -2.30. The number of aryl methyl sites for hydroxylation is 1. The van der Waals surface area contributed by atoms with Crippen molar-refractivity contribution in [3.63, 3.8) is 0 Å². The van der Waals surface area contributed by atoms with Gasteiger partial charge in [-0.05, 0) is 56.1 Å². The SMILES string of the molecule is CCCCc1cc2ccccn2c1[C](CCC)N(CC)CC. The molecule has 0 saturated carbocycles. The Hall–Kier alpha value is -1.28. The smallest absolute Gasteiger partial charge is 0.0862 e. The largest absolute Gasteiger partial charge is 0.319 e. The summed E-state index contributed by atoms with van der Waals surface area (Å²) in [4.78, 5) is 2.54. The van der Waals surface area contributed by atoms with Gasteiger partial charge >= 0.3 is 0 Å². The predicted octanol–water partition coefficient (Wildman–Crippen LogP) is 5.30. The molecular weight excluding hydrogens is 268 g/mol. The van der Waals surface area contributed by atoms with Crippen molar-refractivity contribution in [1.29, 1.82) is 0 Å². The summed E-state index contributed by atoms with van der Waals surface area (Å²) in [5.74, 6) is 0. The van der Waals surface area contributed by atoms with Crippen LogP contribution in [0.25, 0.3) is 5.52 Å². The van der Waals surface area contributed by atoms with Crippen LogP contribution in [0.1, 0.15) is 64.6 Å². The Kier molecular flexibility index (Phi) is 6.50. The summed E-state index contributed by atoms with van der Waals surface area (Å²) in [5.41, 5.74) is 4.29. The molecule has 1 radical (unpaired) electrons. The van der Waals surface area contributed by atoms with E-state index in [1.807, 2.05) is 0 Å². The molecule has 2 nitrogen and oxygen atoms in total. The number of rotatable bonds is 9. The molecule has 0 fully saturated rings. The van der Waals surface area contributed by atoms with Gasteiger partial charge in [-0.3, -0.25) is 4.90 Å². The fourth-order valence-electron chi connectivity index (χ4n) is 3.33. The zero-order valence-corrected chi connectivity index (χ0v) is 14.7. The van der Waals surface area contributed by atoms with Crippen molar-refractivity contribution < 1.29 is 0 Å². The van der Waals surface area contributed by atoms with Gasteiger partial charge in [-0.1, -0.05) is 46.6 Å². The topological polar surface area (TPSA) is 7.65 Å². The highest BCUT2D eigenvalue weighted by Crippen LogP contribution is 2.31. The van der Waals surface area contributed by atoms with Crippen LogP contribution in [0.3, 0.4) is 0 Å². The summed E-state index contributed by atoms with van der Waals surface area (Å²) in [7, 11) is 0. The minimum absolute atomic E-state index is 1.08. The first kappa shape index (κ1) is 17.1. The van der Waals surface area contributed by atoms with E-state index >= 15 is 0 Å². The number of hydrogen-bond acceptors (Lipinski definition) is 1. The maximum atomic E-state index is 2.54. The van der Waals surface area contributed by atoms with Crippen molar-refractivity contribution in [2.75, 3.05) is 13.1 Å². The molecule has 0 aliphatic carbocycles. The third kappa shape index (κ3) is 3.55. The Labute approximate surface area is 136 Å². The zero-order valence-electron chi connectivity index (χ0n) is 14.7. The molecule has 2 aromatic rings. The first-order valence-electron chi connectivity index (χ1n) is 8.96. The number of unbranched alkanes of at least 4 members (excludes halogenated alkanes) is 1. The second kappa shape index (κ2) is 8.38. The van der Waals surface area contributed by atoms with E-state index in [1.54, 1.807) is 0 Å². The van der Waals surface area contributed by atoms with E-state index in [1.165, 1.54) is 48.5 Å². The van der Waals surface area contributed by atoms with E-state index in [-0.39, 0.29) is 0 Å². The molecule has 0 amide bonds. The van der Waals surface area contributed by atoms with Gasteiger partial charge in [-0.15, -0.1) is 0 Å². The standard InChI is InChI=1S/C20H31N2/c1-5-9-13-17-16-18-14-10-11-15-22(18)20(17)19(12-6-2)21(7-3)8-4/h10-11,14-16H,5-9,12-13H2,1-4H3. The van der Waals surface area contributed by atoms with Crippen LogP contribution >= 0.6 is 0 Å². The minimum Gasteiger partial charge on any atom is -0.319 e. The van der Waals surface area contributed by atoms with Crippen LogP contribution in [0.4, 0.5) is 0 Å². The summed E-state index contributed by atoms with van der Waals surface area (Å²) in [6, 6.07) is 10.4. The Morgan fingerprint density at radius 3 is 2.45 bits per heavy atom. The maximum absolute atomic E-state index is 2.54. The molecule has 0 unspecified atom stereocenters. The van der Waals surface area contributed by atoms with Crippen LogP contribution < -0.4 is 0 Å². The fraction of sp³-hybridized carbons (Fsp3) is 0.550. The molecule has 2 aromatic heterocycles. The highest BCUT2D eigenvalue weighted by molar-refractivity contribution is 5.56. The summed E-state index contributed by atoms with van der Waals surface area (Å²) < 4.78 is 2.40. The highest BCUT2D eigenvalue weighted by atomic mass is 15.2. The van der Waals surface area contributed by atoms with Crippen LogP contribution in [0, 0.1) is 6.04 Å². The van der Waals surface area contributed by atoms with Crippen molar-refractivity contribution >= 4 is 5.52 Å². The van der Waals surface area contributed by atoms with Gasteiger partial charge in [0, 0.05) is 17.4 Å². The molecule has 0 N–H and O–H groups in total. The van der Waals surface area contributed by atoms with Gasteiger partial charge in [0.1, 0.15) is 0 Å². The van der Waals surface area contributed by atoms with Crippen molar-refractivity contribution in [1.82, 2.24) is 9.30 Å². The zero-order chi connectivity index (χ0) is 15.9. The average Bonchev–Trinajstić information content (AvgIpc) is 2.91. The lowest BCUT2D eigenvalue weighted by atomic mass is 9.99. The molecule has 0 spiro atoms. The monoisotopic (exact) mass is 299 g/mol. The normalized spacial score (nSPS) is 11.9. The van der Waals surface area contributed by atoms with Crippen LogP contribution in [-0.4, -0.2) is 22.4 Å². The second-order valence-corrected chi connectivity index (χ2v) is 5.99. The molecule has 0 aliphatic rings. The van der Waals surface area contributed by atoms with Gasteiger partial charge in [0.05, 0.1) is 6.04 Å². The summed E-state index contributed by atoms with van der Waals surface area (Å²) in [6.45, 7) is 11.3. The minimum atomic E-state index is 1.08. The van der Waals surface area contributed by atoms with Gasteiger partial charge in [-0.2, -0.15) is 0 Å². The van der Waals surface area contributed by atoms with Crippen molar-refractivity contribution in [3.8, 4) is 0 Å². The first-order valence-corrected chi connectivity index (χ1v) is 8.96. The molecule has 0 saturated heterocycles. The van der Waals surface area contributed by atoms with Crippen LogP contribution in [0.5, 0.6) is 0 Å². The van der Waals surface area contributed by atoms with Crippen molar-refractivity contribution in [2.24, 2.45) is 0 Å². The van der Waals surface area contributed by atoms with E-state index in [4.69, 9.17) is 0 Å². The van der Waals surface area contributed by atoms with E-state index in [0.717, 1.165) is 19.5 Å². The molecule has 0 atom stereocenters. The van der Waals surface area contributed by atoms with Gasteiger partial charge in [0.2, 0.25) is 0 Å². The molecular formula is C20H31N2. The number of fused-ring (bicyclic) bond motifs is 1. The van der Waals surface area contributed by atoms with Gasteiger partial charge in [0.25, 0.3) is 0 Å². The maximum Gasteiger partial charge on any atom is 0.0862 e. The van der Waals surface area contributed by atoms with Gasteiger partial charge < -0.3 is 4.40 Å². The molecule has 121 valence electrons. The van der Waals surface area contributed by atoms with Gasteiger partial charge in [0.15, 0.2) is 0 Å². The highest BCUT2D eigenvalue weighted by Gasteiger charge is 2.24. The van der Waals surface area contributed by atoms with Crippen molar-refractivity contribution in [2.45, 2.75) is 59.8 Å². The van der Waals surface area contributed by atoms with Crippen LogP contribution in [0.15, 0.2) is 30.5 Å². The first-order chi connectivity index (χ1) is 10.8. The number of nitrogens with zero attached hydrogens (tertiary/aromatic N) is 2. The molecule has 22 heavy (non-hydrogen) atoms. The number of pyridine rings is 1. The average molecular weight is 299 g/mol. The van der Waals surface area contributed by atoms with E-state index in [0.29, 0.717) is 0 Å². The molecule has 2 rings (SSSR count). The van der Waals surface area contributed by atoms with Gasteiger partial charge in [-0.25, -0.2) is 0 Å². The lowest BCUT2D eigenvalue weighted by Gasteiger charge is -2.29. The van der Waals surface area contributed by atoms with Crippen LogP contribution in [-0.2, 0) is 6.42 Å².